The van der Waals surface area contributed by atoms with Crippen molar-refractivity contribution in [2.75, 3.05) is 57.6 Å². The van der Waals surface area contributed by atoms with Crippen LogP contribution in [0.1, 0.15) is 11.4 Å². The third-order valence-electron chi connectivity index (χ3n) is 6.07. The third kappa shape index (κ3) is 5.31. The largest absolute Gasteiger partial charge is 0.495 e. The van der Waals surface area contributed by atoms with Crippen LogP contribution in [0, 0.1) is 6.92 Å². The molecule has 186 valence electrons. The number of nitrogens with one attached hydrogen (secondary N) is 2. The molecule has 0 saturated carbocycles. The Balaban J connectivity index is 1.51. The van der Waals surface area contributed by atoms with Gasteiger partial charge in [0.2, 0.25) is 16.0 Å². The van der Waals surface area contributed by atoms with E-state index in [0.717, 1.165) is 48.9 Å². The number of benzene rings is 2. The predicted octanol–water partition coefficient (Wildman–Crippen LogP) is 2.52. The van der Waals surface area contributed by atoms with Gasteiger partial charge in [0.05, 0.1) is 23.4 Å². The van der Waals surface area contributed by atoms with Gasteiger partial charge < -0.3 is 19.9 Å². The molecule has 0 atom stereocenters. The van der Waals surface area contributed by atoms with Crippen LogP contribution in [0.4, 0.5) is 17.3 Å². The summed E-state index contributed by atoms with van der Waals surface area (Å²) in [4.78, 5) is 9.34. The highest BCUT2D eigenvalue weighted by Crippen LogP contribution is 2.33. The Hall–Kier alpha value is -3.41. The molecule has 0 bridgehead atoms. The number of sulfonamides is 1. The van der Waals surface area contributed by atoms with Gasteiger partial charge in [-0.15, -0.1) is 5.10 Å². The average Bonchev–Trinajstić information content (AvgIpc) is 3.23. The first kappa shape index (κ1) is 24.7. The van der Waals surface area contributed by atoms with Crippen LogP contribution in [0.3, 0.4) is 0 Å². The molecule has 35 heavy (non-hydrogen) atoms. The molecule has 1 saturated heterocycles. The van der Waals surface area contributed by atoms with Crippen LogP contribution in [0.25, 0.3) is 5.70 Å². The molecule has 0 unspecified atom stereocenters. The number of methoxy groups -OCH3 is 1. The molecular formula is C24H31N7O3S. The second-order valence-corrected chi connectivity index (χ2v) is 10.3. The SMILES string of the molecule is C=C(c1ccc(S(=O)(=O)NC)cc1)n1nc(Nc2ccc(N3CCN(C)CC3)c(OC)c2)nc1C. The Kier molecular flexibility index (Phi) is 7.10. The number of likely N-dealkylation sites (N-methyl/N-ethyl adjacent to an activating group) is 1. The van der Waals surface area contributed by atoms with E-state index in [2.05, 4.69) is 49.6 Å². The Labute approximate surface area is 206 Å². The maximum atomic E-state index is 12.0. The minimum absolute atomic E-state index is 0.184. The molecule has 1 aliphatic rings. The van der Waals surface area contributed by atoms with E-state index in [9.17, 15) is 8.42 Å². The highest BCUT2D eigenvalue weighted by atomic mass is 32.2. The second kappa shape index (κ2) is 10.1. The lowest BCUT2D eigenvalue weighted by Gasteiger charge is -2.34. The van der Waals surface area contributed by atoms with Gasteiger partial charge in [-0.25, -0.2) is 17.8 Å². The lowest BCUT2D eigenvalue weighted by atomic mass is 10.2. The topological polar surface area (TPSA) is 105 Å². The van der Waals surface area contributed by atoms with Crippen molar-refractivity contribution in [2.45, 2.75) is 11.8 Å². The number of aromatic nitrogens is 3. The van der Waals surface area contributed by atoms with Gasteiger partial charge in [-0.1, -0.05) is 18.7 Å². The van der Waals surface area contributed by atoms with Crippen LogP contribution in [0.2, 0.25) is 0 Å². The molecule has 0 aliphatic carbocycles. The van der Waals surface area contributed by atoms with Crippen LogP contribution in [0.15, 0.2) is 53.9 Å². The molecule has 2 aromatic carbocycles. The zero-order valence-corrected chi connectivity index (χ0v) is 21.3. The van der Waals surface area contributed by atoms with Gasteiger partial charge in [0.15, 0.2) is 0 Å². The molecule has 1 aliphatic heterocycles. The second-order valence-electron chi connectivity index (χ2n) is 8.38. The molecule has 1 fully saturated rings. The number of hydrogen-bond acceptors (Lipinski definition) is 8. The van der Waals surface area contributed by atoms with E-state index < -0.39 is 10.0 Å². The van der Waals surface area contributed by atoms with Gasteiger partial charge >= 0.3 is 0 Å². The van der Waals surface area contributed by atoms with Crippen LogP contribution >= 0.6 is 0 Å². The molecule has 11 heteroatoms. The molecule has 0 amide bonds. The minimum atomic E-state index is -3.50. The fourth-order valence-electron chi connectivity index (χ4n) is 3.96. The zero-order valence-electron chi connectivity index (χ0n) is 20.4. The molecule has 2 heterocycles. The van der Waals surface area contributed by atoms with Crippen molar-refractivity contribution in [3.05, 3.63) is 60.4 Å². The van der Waals surface area contributed by atoms with Gasteiger partial charge in [-0.05, 0) is 50.8 Å². The van der Waals surface area contributed by atoms with Gasteiger partial charge in [-0.2, -0.15) is 4.98 Å². The van der Waals surface area contributed by atoms with Crippen molar-refractivity contribution in [3.63, 3.8) is 0 Å². The van der Waals surface area contributed by atoms with Gasteiger partial charge in [-0.3, -0.25) is 0 Å². The Bertz CT molecular complexity index is 1310. The molecule has 4 rings (SSSR count). The van der Waals surface area contributed by atoms with E-state index in [0.29, 0.717) is 17.5 Å². The lowest BCUT2D eigenvalue weighted by Crippen LogP contribution is -2.44. The van der Waals surface area contributed by atoms with Crippen LogP contribution in [-0.4, -0.2) is 75.5 Å². The van der Waals surface area contributed by atoms with Gasteiger partial charge in [0.25, 0.3) is 0 Å². The van der Waals surface area contributed by atoms with Crippen LogP contribution in [0.5, 0.6) is 5.75 Å². The first-order valence-electron chi connectivity index (χ1n) is 11.3. The van der Waals surface area contributed by atoms with E-state index in [1.165, 1.54) is 19.2 Å². The minimum Gasteiger partial charge on any atom is -0.495 e. The summed E-state index contributed by atoms with van der Waals surface area (Å²) in [5.74, 6) is 1.86. The number of rotatable bonds is 8. The number of nitrogens with zero attached hydrogens (tertiary/aromatic N) is 5. The van der Waals surface area contributed by atoms with E-state index in [4.69, 9.17) is 4.74 Å². The fourth-order valence-corrected chi connectivity index (χ4v) is 4.69. The maximum absolute atomic E-state index is 12.0. The van der Waals surface area contributed by atoms with Crippen molar-refractivity contribution >= 4 is 33.0 Å². The Morgan fingerprint density at radius 3 is 2.40 bits per heavy atom. The molecular weight excluding hydrogens is 466 g/mol. The van der Waals surface area contributed by atoms with E-state index >= 15 is 0 Å². The standard InChI is InChI=1S/C24H31N7O3S/c1-17(19-6-9-21(10-7-19)35(32,33)25-3)31-18(2)26-24(28-31)27-20-8-11-22(23(16-20)34-5)30-14-12-29(4)13-15-30/h6-11,16,25H,1,12-15H2,2-5H3,(H,27,28). The van der Waals surface area contributed by atoms with Crippen molar-refractivity contribution < 1.29 is 13.2 Å². The number of hydrogen-bond donors (Lipinski definition) is 2. The van der Waals surface area contributed by atoms with Gasteiger partial charge in [0.1, 0.15) is 11.6 Å². The summed E-state index contributed by atoms with van der Waals surface area (Å²) in [5.41, 5.74) is 3.19. The highest BCUT2D eigenvalue weighted by Gasteiger charge is 2.19. The Morgan fingerprint density at radius 2 is 1.77 bits per heavy atom. The maximum Gasteiger partial charge on any atom is 0.247 e. The lowest BCUT2D eigenvalue weighted by molar-refractivity contribution is 0.311. The van der Waals surface area contributed by atoms with Crippen LogP contribution < -0.4 is 19.7 Å². The quantitative estimate of drug-likeness (QED) is 0.489. The van der Waals surface area contributed by atoms with E-state index in [-0.39, 0.29) is 4.90 Å². The summed E-state index contributed by atoms with van der Waals surface area (Å²) in [6.07, 6.45) is 0. The smallest absolute Gasteiger partial charge is 0.247 e. The third-order valence-corrected chi connectivity index (χ3v) is 7.50. The number of ether oxygens (including phenoxy) is 1. The van der Waals surface area contributed by atoms with Crippen molar-refractivity contribution in [1.29, 1.82) is 0 Å². The number of piperazine rings is 1. The van der Waals surface area contributed by atoms with Crippen molar-refractivity contribution in [3.8, 4) is 5.75 Å². The first-order valence-corrected chi connectivity index (χ1v) is 12.8. The molecule has 2 N–H and O–H groups in total. The molecule has 3 aromatic rings. The fraction of sp³-hybridized carbons (Fsp3) is 0.333. The highest BCUT2D eigenvalue weighted by molar-refractivity contribution is 7.89. The number of aryl methyl sites for hydroxylation is 1. The summed E-state index contributed by atoms with van der Waals surface area (Å²) in [5, 5.41) is 7.79. The average molecular weight is 498 g/mol. The summed E-state index contributed by atoms with van der Waals surface area (Å²) in [6.45, 7) is 9.89. The summed E-state index contributed by atoms with van der Waals surface area (Å²) in [7, 11) is 1.68. The zero-order chi connectivity index (χ0) is 25.2. The summed E-state index contributed by atoms with van der Waals surface area (Å²) < 4.78 is 33.5. The number of anilines is 3. The first-order chi connectivity index (χ1) is 16.7. The van der Waals surface area contributed by atoms with Crippen molar-refractivity contribution in [2.24, 2.45) is 0 Å². The molecule has 0 spiro atoms. The van der Waals surface area contributed by atoms with E-state index in [1.807, 2.05) is 19.1 Å². The van der Waals surface area contributed by atoms with E-state index in [1.54, 1.807) is 23.9 Å². The van der Waals surface area contributed by atoms with Crippen LogP contribution in [-0.2, 0) is 10.0 Å². The normalized spacial score (nSPS) is 14.7. The van der Waals surface area contributed by atoms with Crippen molar-refractivity contribution in [1.82, 2.24) is 24.4 Å². The Morgan fingerprint density at radius 1 is 1.09 bits per heavy atom. The molecule has 1 aromatic heterocycles. The predicted molar refractivity (Wildman–Crippen MR) is 138 cm³/mol. The molecule has 0 radical (unpaired) electrons. The molecule has 10 nitrogen and oxygen atoms in total. The van der Waals surface area contributed by atoms with Gasteiger partial charge in [0, 0.05) is 37.9 Å². The summed E-state index contributed by atoms with van der Waals surface area (Å²) >= 11 is 0. The summed E-state index contributed by atoms with van der Waals surface area (Å²) in [6, 6.07) is 12.4. The monoisotopic (exact) mass is 497 g/mol.